The van der Waals surface area contributed by atoms with E-state index in [9.17, 15) is 21.6 Å². The van der Waals surface area contributed by atoms with Crippen LogP contribution in [0.1, 0.15) is 62.5 Å². The van der Waals surface area contributed by atoms with E-state index in [0.29, 0.717) is 31.5 Å². The van der Waals surface area contributed by atoms with E-state index in [1.165, 1.54) is 40.3 Å². The monoisotopic (exact) mass is 640 g/mol. The van der Waals surface area contributed by atoms with Crippen molar-refractivity contribution in [2.24, 2.45) is 11.8 Å². The molecule has 3 rings (SSSR count). The number of fused-ring (bicyclic) bond motifs is 1. The molecule has 0 saturated carbocycles. The molecule has 1 amide bonds. The maximum Gasteiger partial charge on any atom is 0.241 e. The fourth-order valence-electron chi connectivity index (χ4n) is 4.83. The lowest BCUT2D eigenvalue weighted by atomic mass is 10.1. The molecule has 2 aromatic heterocycles. The van der Waals surface area contributed by atoms with E-state index in [0.717, 1.165) is 21.0 Å². The predicted molar refractivity (Wildman–Crippen MR) is 167 cm³/mol. The van der Waals surface area contributed by atoms with Crippen LogP contribution in [0, 0.1) is 25.7 Å². The number of nitrogens with zero attached hydrogens (tertiary/aromatic N) is 3. The van der Waals surface area contributed by atoms with Crippen LogP contribution < -0.4 is 4.72 Å². The van der Waals surface area contributed by atoms with Gasteiger partial charge in [-0.2, -0.15) is 9.03 Å². The number of unbranched alkanes of at least 4 members (excludes halogenated alkanes) is 1. The van der Waals surface area contributed by atoms with E-state index < -0.39 is 26.1 Å². The lowest BCUT2D eigenvalue weighted by Crippen LogP contribution is -2.50. The molecular formula is C29H44N4O6S3. The summed E-state index contributed by atoms with van der Waals surface area (Å²) in [7, 11) is -7.54. The van der Waals surface area contributed by atoms with Crippen molar-refractivity contribution in [3.63, 3.8) is 0 Å². The van der Waals surface area contributed by atoms with Crippen molar-refractivity contribution in [1.82, 2.24) is 18.9 Å². The van der Waals surface area contributed by atoms with Gasteiger partial charge in [0.15, 0.2) is 0 Å². The molecular weight excluding hydrogens is 597 g/mol. The van der Waals surface area contributed by atoms with Crippen LogP contribution >= 0.6 is 11.3 Å². The number of aromatic nitrogens is 1. The molecule has 1 aromatic carbocycles. The fraction of sp³-hybridized carbons (Fsp3) is 0.586. The average molecular weight is 641 g/mol. The number of carbonyl (C=O) groups is 1. The van der Waals surface area contributed by atoms with Gasteiger partial charge < -0.3 is 9.32 Å². The Bertz CT molecular complexity index is 1550. The van der Waals surface area contributed by atoms with Gasteiger partial charge in [0.25, 0.3) is 0 Å². The van der Waals surface area contributed by atoms with Gasteiger partial charge in [-0.3, -0.25) is 4.79 Å². The Labute approximate surface area is 254 Å². The minimum Gasteiger partial charge on any atom is -0.464 e. The number of nitrogens with one attached hydrogen (secondary N) is 1. The predicted octanol–water partition coefficient (Wildman–Crippen LogP) is 4.93. The van der Waals surface area contributed by atoms with E-state index in [2.05, 4.69) is 9.71 Å². The molecule has 13 heteroatoms. The lowest BCUT2D eigenvalue weighted by molar-refractivity contribution is -0.134. The highest BCUT2D eigenvalue weighted by molar-refractivity contribution is 7.89. The Morgan fingerprint density at radius 1 is 1.02 bits per heavy atom. The van der Waals surface area contributed by atoms with E-state index >= 15 is 0 Å². The highest BCUT2D eigenvalue weighted by Gasteiger charge is 2.30. The second kappa shape index (κ2) is 14.4. The minimum absolute atomic E-state index is 0.0143. The first-order chi connectivity index (χ1) is 19.6. The average Bonchev–Trinajstić information content (AvgIpc) is 3.47. The molecule has 1 N–H and O–H groups in total. The van der Waals surface area contributed by atoms with Crippen LogP contribution in [0.25, 0.3) is 11.0 Å². The van der Waals surface area contributed by atoms with E-state index in [1.54, 1.807) is 17.0 Å². The Hall–Kier alpha value is -2.32. The molecule has 42 heavy (non-hydrogen) atoms. The number of rotatable bonds is 16. The SMILES string of the molecule is Cc1nc(C)c(CN(CCCC[C@H](NS(=O)(=O)c2ccc3ccoc3c2)C(=O)N(CC(C)C)CC(C)C)S(C)(=O)=O)s1. The number of sulfonamides is 2. The summed E-state index contributed by atoms with van der Waals surface area (Å²) in [5.74, 6) is 0.123. The molecule has 234 valence electrons. The number of hydrogen-bond donors (Lipinski definition) is 1. The number of carbonyl (C=O) groups excluding carboxylic acids is 1. The maximum absolute atomic E-state index is 13.8. The van der Waals surface area contributed by atoms with E-state index in [4.69, 9.17) is 4.42 Å². The third-order valence-electron chi connectivity index (χ3n) is 6.76. The Morgan fingerprint density at radius 2 is 1.69 bits per heavy atom. The van der Waals surface area contributed by atoms with Crippen LogP contribution in [0.5, 0.6) is 0 Å². The number of hydrogen-bond acceptors (Lipinski definition) is 8. The summed E-state index contributed by atoms with van der Waals surface area (Å²) < 4.78 is 61.5. The van der Waals surface area contributed by atoms with Gasteiger partial charge in [0, 0.05) is 42.5 Å². The molecule has 0 aliphatic heterocycles. The number of benzene rings is 1. The van der Waals surface area contributed by atoms with Gasteiger partial charge in [-0.1, -0.05) is 34.1 Å². The molecule has 0 saturated heterocycles. The second-order valence-electron chi connectivity index (χ2n) is 11.7. The lowest BCUT2D eigenvalue weighted by Gasteiger charge is -2.30. The molecule has 10 nitrogen and oxygen atoms in total. The van der Waals surface area contributed by atoms with Gasteiger partial charge in [0.2, 0.25) is 26.0 Å². The zero-order valence-corrected chi connectivity index (χ0v) is 28.0. The number of amides is 1. The standard InChI is InChI=1S/C29H44N4O6S3/c1-20(2)17-32(18-21(3)4)29(34)26(31-42(37,38)25-12-11-24-13-15-39-27(24)16-25)10-8-9-14-33(41(7,35)36)19-28-22(5)30-23(6)40-28/h11-13,15-16,20-21,26,31H,8-10,14,17-19H2,1-7H3/t26-/m0/s1. The smallest absolute Gasteiger partial charge is 0.241 e. The molecule has 0 spiro atoms. The first-order valence-corrected chi connectivity index (χ1v) is 18.4. The van der Waals surface area contributed by atoms with Crippen LogP contribution in [-0.4, -0.2) is 68.9 Å². The quantitative estimate of drug-likeness (QED) is 0.220. The molecule has 0 aliphatic carbocycles. The van der Waals surface area contributed by atoms with Gasteiger partial charge >= 0.3 is 0 Å². The fourth-order valence-corrected chi connectivity index (χ4v) is 7.92. The minimum atomic E-state index is -4.05. The first kappa shape index (κ1) is 34.2. The molecule has 0 radical (unpaired) electrons. The molecule has 0 fully saturated rings. The Balaban J connectivity index is 1.79. The van der Waals surface area contributed by atoms with Crippen molar-refractivity contribution >= 4 is 48.3 Å². The Kier molecular flexibility index (Phi) is 11.7. The Morgan fingerprint density at radius 3 is 2.26 bits per heavy atom. The van der Waals surface area contributed by atoms with Gasteiger partial charge in [0.1, 0.15) is 11.6 Å². The summed E-state index contributed by atoms with van der Waals surface area (Å²) in [6.07, 6.45) is 3.81. The van der Waals surface area contributed by atoms with Crippen LogP contribution in [0.4, 0.5) is 0 Å². The van der Waals surface area contributed by atoms with Gasteiger partial charge in [-0.15, -0.1) is 11.3 Å². The summed E-state index contributed by atoms with van der Waals surface area (Å²) >= 11 is 1.47. The molecule has 2 heterocycles. The molecule has 0 bridgehead atoms. The van der Waals surface area contributed by atoms with Crippen LogP contribution in [0.15, 0.2) is 39.8 Å². The second-order valence-corrected chi connectivity index (χ2v) is 16.6. The molecule has 0 unspecified atom stereocenters. The normalized spacial score (nSPS) is 13.5. The molecule has 1 atom stereocenters. The summed E-state index contributed by atoms with van der Waals surface area (Å²) in [5, 5.41) is 1.66. The third kappa shape index (κ3) is 9.60. The van der Waals surface area contributed by atoms with Gasteiger partial charge in [-0.05, 0) is 56.7 Å². The van der Waals surface area contributed by atoms with Gasteiger partial charge in [0.05, 0.1) is 28.1 Å². The van der Waals surface area contributed by atoms with Crippen molar-refractivity contribution in [1.29, 1.82) is 0 Å². The summed E-state index contributed by atoms with van der Waals surface area (Å²) in [6, 6.07) is 5.36. The zero-order chi connectivity index (χ0) is 31.2. The van der Waals surface area contributed by atoms with Crippen LogP contribution in [0.3, 0.4) is 0 Å². The van der Waals surface area contributed by atoms with E-state index in [1.807, 2.05) is 41.5 Å². The summed E-state index contributed by atoms with van der Waals surface area (Å²) in [5.41, 5.74) is 1.25. The maximum atomic E-state index is 13.8. The van der Waals surface area contributed by atoms with E-state index in [-0.39, 0.29) is 42.1 Å². The number of furan rings is 1. The van der Waals surface area contributed by atoms with Crippen LogP contribution in [-0.2, 0) is 31.4 Å². The largest absolute Gasteiger partial charge is 0.464 e. The molecule has 3 aromatic rings. The zero-order valence-electron chi connectivity index (χ0n) is 25.6. The number of aryl methyl sites for hydroxylation is 2. The van der Waals surface area contributed by atoms with Crippen LogP contribution in [0.2, 0.25) is 0 Å². The van der Waals surface area contributed by atoms with Crippen molar-refractivity contribution in [2.45, 2.75) is 78.3 Å². The van der Waals surface area contributed by atoms with Crippen molar-refractivity contribution in [2.75, 3.05) is 25.9 Å². The third-order valence-corrected chi connectivity index (χ3v) is 10.5. The van der Waals surface area contributed by atoms with Crippen molar-refractivity contribution < 1.29 is 26.0 Å². The summed E-state index contributed by atoms with van der Waals surface area (Å²) in [4.78, 5) is 20.9. The topological polar surface area (TPSA) is 130 Å². The number of thiazole rings is 1. The highest BCUT2D eigenvalue weighted by atomic mass is 32.2. The first-order valence-electron chi connectivity index (χ1n) is 14.2. The molecule has 0 aliphatic rings. The van der Waals surface area contributed by atoms with Crippen molar-refractivity contribution in [3.05, 3.63) is 46.1 Å². The summed E-state index contributed by atoms with van der Waals surface area (Å²) in [6.45, 7) is 13.3. The van der Waals surface area contributed by atoms with Crippen molar-refractivity contribution in [3.8, 4) is 0 Å². The van der Waals surface area contributed by atoms with Gasteiger partial charge in [-0.25, -0.2) is 21.8 Å². The highest BCUT2D eigenvalue weighted by Crippen LogP contribution is 2.23.